The van der Waals surface area contributed by atoms with Crippen LogP contribution in [0.2, 0.25) is 0 Å². The number of rotatable bonds is 4. The molecule has 2 aromatic carbocycles. The fourth-order valence-corrected chi connectivity index (χ4v) is 2.40. The number of carbonyl (C=O) groups excluding carboxylic acids is 1. The zero-order valence-electron chi connectivity index (χ0n) is 11.7. The van der Waals surface area contributed by atoms with Gasteiger partial charge >= 0.3 is 0 Å². The standard InChI is InChI=1S/C17H13F2NO2/c1-10-20-16-3-2-11(8-17(16)22-10)6-15(21)7-12-4-13(18)9-14(19)5-12/h2-5,8-9,20H,1,6-7H2. The van der Waals surface area contributed by atoms with E-state index in [0.29, 0.717) is 17.2 Å². The summed E-state index contributed by atoms with van der Waals surface area (Å²) < 4.78 is 31.6. The van der Waals surface area contributed by atoms with Gasteiger partial charge in [0.1, 0.15) is 17.4 Å². The van der Waals surface area contributed by atoms with Crippen LogP contribution in [0.1, 0.15) is 11.1 Å². The van der Waals surface area contributed by atoms with E-state index in [9.17, 15) is 13.6 Å². The van der Waals surface area contributed by atoms with Crippen molar-refractivity contribution in [2.24, 2.45) is 0 Å². The van der Waals surface area contributed by atoms with Crippen LogP contribution in [0.25, 0.3) is 0 Å². The number of ether oxygens (including phenoxy) is 1. The highest BCUT2D eigenvalue weighted by atomic mass is 19.1. The summed E-state index contributed by atoms with van der Waals surface area (Å²) in [5, 5.41) is 2.95. The lowest BCUT2D eigenvalue weighted by Gasteiger charge is -2.04. The minimum atomic E-state index is -0.682. The molecule has 1 heterocycles. The number of fused-ring (bicyclic) bond motifs is 1. The topological polar surface area (TPSA) is 38.3 Å². The maximum absolute atomic E-state index is 13.1. The van der Waals surface area contributed by atoms with Gasteiger partial charge in [0.25, 0.3) is 0 Å². The Morgan fingerprint density at radius 3 is 2.45 bits per heavy atom. The van der Waals surface area contributed by atoms with Gasteiger partial charge in [-0.25, -0.2) is 8.78 Å². The van der Waals surface area contributed by atoms with E-state index in [-0.39, 0.29) is 18.6 Å². The third-order valence-corrected chi connectivity index (χ3v) is 3.28. The molecule has 22 heavy (non-hydrogen) atoms. The van der Waals surface area contributed by atoms with E-state index in [0.717, 1.165) is 17.3 Å². The van der Waals surface area contributed by atoms with Crippen LogP contribution < -0.4 is 10.1 Å². The Balaban J connectivity index is 1.69. The number of benzene rings is 2. The van der Waals surface area contributed by atoms with Crippen LogP contribution in [0.5, 0.6) is 5.75 Å². The first-order valence-electron chi connectivity index (χ1n) is 6.73. The molecule has 3 nitrogen and oxygen atoms in total. The summed E-state index contributed by atoms with van der Waals surface area (Å²) in [4.78, 5) is 12.1. The number of ketones is 1. The number of Topliss-reactive ketones (excluding diaryl/α,β-unsaturated/α-hetero) is 1. The Bertz CT molecular complexity index is 751. The van der Waals surface area contributed by atoms with Gasteiger partial charge in [0.2, 0.25) is 0 Å². The van der Waals surface area contributed by atoms with Gasteiger partial charge in [-0.05, 0) is 42.0 Å². The first-order valence-corrected chi connectivity index (χ1v) is 6.73. The normalized spacial score (nSPS) is 12.5. The molecular formula is C17H13F2NO2. The van der Waals surface area contributed by atoms with Gasteiger partial charge in [-0.15, -0.1) is 0 Å². The Labute approximate surface area is 126 Å². The molecule has 112 valence electrons. The summed E-state index contributed by atoms with van der Waals surface area (Å²) in [6.45, 7) is 3.66. The van der Waals surface area contributed by atoms with Crippen LogP contribution in [0.3, 0.4) is 0 Å². The second kappa shape index (κ2) is 5.60. The molecule has 1 N–H and O–H groups in total. The second-order valence-corrected chi connectivity index (χ2v) is 5.15. The van der Waals surface area contributed by atoms with Crippen LogP contribution in [0.15, 0.2) is 48.9 Å². The Morgan fingerprint density at radius 1 is 1.05 bits per heavy atom. The molecule has 0 aromatic heterocycles. The maximum atomic E-state index is 13.1. The highest BCUT2D eigenvalue weighted by Gasteiger charge is 2.16. The van der Waals surface area contributed by atoms with Crippen LogP contribution in [-0.2, 0) is 17.6 Å². The lowest BCUT2D eigenvalue weighted by Crippen LogP contribution is -2.07. The molecule has 5 heteroatoms. The highest BCUT2D eigenvalue weighted by molar-refractivity contribution is 5.83. The molecule has 0 aliphatic carbocycles. The predicted octanol–water partition coefficient (Wildman–Crippen LogP) is 3.59. The maximum Gasteiger partial charge on any atom is 0.190 e. The minimum Gasteiger partial charge on any atom is -0.440 e. The monoisotopic (exact) mass is 301 g/mol. The van der Waals surface area contributed by atoms with E-state index in [1.165, 1.54) is 12.1 Å². The van der Waals surface area contributed by atoms with E-state index < -0.39 is 11.6 Å². The van der Waals surface area contributed by atoms with Crippen LogP contribution in [0.4, 0.5) is 14.5 Å². The van der Waals surface area contributed by atoms with Crippen molar-refractivity contribution < 1.29 is 18.3 Å². The summed E-state index contributed by atoms with van der Waals surface area (Å²) >= 11 is 0. The number of nitrogens with one attached hydrogen (secondary N) is 1. The van der Waals surface area contributed by atoms with Crippen molar-refractivity contribution in [2.75, 3.05) is 5.32 Å². The molecule has 0 fully saturated rings. The first-order chi connectivity index (χ1) is 10.5. The van der Waals surface area contributed by atoms with Crippen molar-refractivity contribution in [1.82, 2.24) is 0 Å². The molecule has 2 aromatic rings. The highest BCUT2D eigenvalue weighted by Crippen LogP contribution is 2.33. The van der Waals surface area contributed by atoms with Gasteiger partial charge in [-0.2, -0.15) is 0 Å². The summed E-state index contributed by atoms with van der Waals surface area (Å²) in [6, 6.07) is 8.48. The van der Waals surface area contributed by atoms with Crippen molar-refractivity contribution in [1.29, 1.82) is 0 Å². The van der Waals surface area contributed by atoms with Crippen molar-refractivity contribution in [3.63, 3.8) is 0 Å². The van der Waals surface area contributed by atoms with E-state index in [1.807, 2.05) is 0 Å². The molecule has 1 aliphatic heterocycles. The van der Waals surface area contributed by atoms with Crippen LogP contribution in [-0.4, -0.2) is 5.78 Å². The van der Waals surface area contributed by atoms with Crippen LogP contribution >= 0.6 is 0 Å². The quantitative estimate of drug-likeness (QED) is 0.938. The second-order valence-electron chi connectivity index (χ2n) is 5.15. The van der Waals surface area contributed by atoms with E-state index in [4.69, 9.17) is 4.74 Å². The fourth-order valence-electron chi connectivity index (χ4n) is 2.40. The zero-order chi connectivity index (χ0) is 15.7. The number of carbonyl (C=O) groups is 1. The number of hydrogen-bond donors (Lipinski definition) is 1. The number of halogens is 2. The molecule has 0 unspecified atom stereocenters. The van der Waals surface area contributed by atoms with Crippen LogP contribution in [0, 0.1) is 11.6 Å². The average molecular weight is 301 g/mol. The molecule has 0 atom stereocenters. The summed E-state index contributed by atoms with van der Waals surface area (Å²) in [7, 11) is 0. The third kappa shape index (κ3) is 3.14. The molecule has 0 saturated heterocycles. The van der Waals surface area contributed by atoms with Crippen molar-refractivity contribution in [3.05, 3.63) is 71.6 Å². The third-order valence-electron chi connectivity index (χ3n) is 3.28. The van der Waals surface area contributed by atoms with Gasteiger partial charge in [0.05, 0.1) is 5.69 Å². The Hall–Kier alpha value is -2.69. The van der Waals surface area contributed by atoms with E-state index >= 15 is 0 Å². The smallest absolute Gasteiger partial charge is 0.190 e. The molecule has 3 rings (SSSR count). The van der Waals surface area contributed by atoms with Gasteiger partial charge < -0.3 is 10.1 Å². The molecular weight excluding hydrogens is 288 g/mol. The minimum absolute atomic E-state index is 0.0163. The molecule has 1 aliphatic rings. The fraction of sp³-hybridized carbons (Fsp3) is 0.118. The molecule has 0 saturated carbocycles. The average Bonchev–Trinajstić information content (AvgIpc) is 2.76. The van der Waals surface area contributed by atoms with E-state index in [2.05, 4.69) is 11.9 Å². The molecule has 0 amide bonds. The van der Waals surface area contributed by atoms with Crippen molar-refractivity contribution in [2.45, 2.75) is 12.8 Å². The van der Waals surface area contributed by atoms with Crippen molar-refractivity contribution in [3.8, 4) is 5.75 Å². The Morgan fingerprint density at radius 2 is 1.73 bits per heavy atom. The molecule has 0 bridgehead atoms. The number of anilines is 1. The van der Waals surface area contributed by atoms with Crippen molar-refractivity contribution >= 4 is 11.5 Å². The first kappa shape index (κ1) is 14.3. The predicted molar refractivity (Wildman–Crippen MR) is 78.6 cm³/mol. The van der Waals surface area contributed by atoms with Gasteiger partial charge in [-0.1, -0.05) is 6.07 Å². The summed E-state index contributed by atoms with van der Waals surface area (Å²) in [5.41, 5.74) is 1.90. The Kier molecular flexibility index (Phi) is 3.63. The SMILES string of the molecule is C=C1Nc2ccc(CC(=O)Cc3cc(F)cc(F)c3)cc2O1. The lowest BCUT2D eigenvalue weighted by molar-refractivity contribution is -0.117. The summed E-state index contributed by atoms with van der Waals surface area (Å²) in [5.74, 6) is -0.438. The van der Waals surface area contributed by atoms with Gasteiger partial charge in [0.15, 0.2) is 11.6 Å². The summed E-state index contributed by atoms with van der Waals surface area (Å²) in [6.07, 6.45) is 0.152. The largest absolute Gasteiger partial charge is 0.440 e. The lowest BCUT2D eigenvalue weighted by atomic mass is 10.0. The molecule has 0 radical (unpaired) electrons. The number of hydrogen-bond acceptors (Lipinski definition) is 3. The van der Waals surface area contributed by atoms with Gasteiger partial charge in [-0.3, -0.25) is 4.79 Å². The van der Waals surface area contributed by atoms with Gasteiger partial charge in [0, 0.05) is 18.9 Å². The zero-order valence-corrected chi connectivity index (χ0v) is 11.7. The molecule has 0 spiro atoms. The van der Waals surface area contributed by atoms with E-state index in [1.54, 1.807) is 18.2 Å².